The van der Waals surface area contributed by atoms with E-state index in [4.69, 9.17) is 0 Å². The molecule has 7 heteroatoms. The number of rotatable bonds is 4. The van der Waals surface area contributed by atoms with Crippen LogP contribution in [0.25, 0.3) is 22.2 Å². The van der Waals surface area contributed by atoms with E-state index in [0.29, 0.717) is 18.0 Å². The van der Waals surface area contributed by atoms with Gasteiger partial charge in [-0.3, -0.25) is 14.9 Å². The zero-order chi connectivity index (χ0) is 20.7. The molecule has 152 valence electrons. The highest BCUT2D eigenvalue weighted by molar-refractivity contribution is 5.94. The number of H-pyrrole nitrogens is 1. The highest BCUT2D eigenvalue weighted by atomic mass is 19.1. The Morgan fingerprint density at radius 3 is 2.83 bits per heavy atom. The maximum Gasteiger partial charge on any atom is 0.254 e. The molecule has 30 heavy (non-hydrogen) atoms. The van der Waals surface area contributed by atoms with Gasteiger partial charge in [0.05, 0.1) is 23.6 Å². The van der Waals surface area contributed by atoms with Gasteiger partial charge in [0.15, 0.2) is 0 Å². The Labute approximate surface area is 173 Å². The minimum absolute atomic E-state index is 0.0335. The van der Waals surface area contributed by atoms with Gasteiger partial charge in [0.2, 0.25) is 0 Å². The van der Waals surface area contributed by atoms with Crippen molar-refractivity contribution >= 4 is 16.8 Å². The van der Waals surface area contributed by atoms with Crippen LogP contribution in [0.15, 0.2) is 61.2 Å². The first kappa shape index (κ1) is 18.5. The van der Waals surface area contributed by atoms with Crippen LogP contribution >= 0.6 is 0 Å². The van der Waals surface area contributed by atoms with Gasteiger partial charge in [-0.25, -0.2) is 4.39 Å². The fraction of sp³-hybridized carbons (Fsp3) is 0.261. The zero-order valence-corrected chi connectivity index (χ0v) is 16.6. The molecule has 0 aliphatic carbocycles. The number of carbonyl (C=O) groups is 1. The predicted octanol–water partition coefficient (Wildman–Crippen LogP) is 4.12. The molecule has 0 radical (unpaired) electrons. The van der Waals surface area contributed by atoms with Crippen molar-refractivity contribution in [2.75, 3.05) is 6.54 Å². The maximum atomic E-state index is 13.2. The van der Waals surface area contributed by atoms with E-state index in [2.05, 4.69) is 45.0 Å². The summed E-state index contributed by atoms with van der Waals surface area (Å²) in [5, 5.41) is 7.93. The number of nitrogens with zero attached hydrogens (tertiary/aromatic N) is 4. The molecule has 1 aliphatic heterocycles. The van der Waals surface area contributed by atoms with E-state index >= 15 is 0 Å². The molecule has 1 unspecified atom stereocenters. The van der Waals surface area contributed by atoms with Gasteiger partial charge in [0, 0.05) is 48.0 Å². The Kier molecular flexibility index (Phi) is 4.58. The second-order valence-corrected chi connectivity index (χ2v) is 8.00. The molecule has 3 aromatic heterocycles. The molecular formula is C23H22FN5O. The van der Waals surface area contributed by atoms with Gasteiger partial charge in [-0.05, 0) is 55.7 Å². The summed E-state index contributed by atoms with van der Waals surface area (Å²) in [5.41, 5.74) is 3.47. The normalized spacial score (nSPS) is 18.9. The third kappa shape index (κ3) is 3.36. The van der Waals surface area contributed by atoms with Gasteiger partial charge in [-0.1, -0.05) is 0 Å². The number of benzene rings is 1. The van der Waals surface area contributed by atoms with Gasteiger partial charge in [0.1, 0.15) is 5.82 Å². The van der Waals surface area contributed by atoms with E-state index in [0.717, 1.165) is 35.1 Å². The molecule has 1 amide bonds. The lowest BCUT2D eigenvalue weighted by molar-refractivity contribution is 0.0742. The first-order valence-corrected chi connectivity index (χ1v) is 10.1. The molecule has 0 saturated carbocycles. The summed E-state index contributed by atoms with van der Waals surface area (Å²) in [7, 11) is 0. The Morgan fingerprint density at radius 2 is 2.07 bits per heavy atom. The molecule has 1 N–H and O–H groups in total. The van der Waals surface area contributed by atoms with Crippen molar-refractivity contribution in [3.8, 4) is 11.3 Å². The molecule has 5 rings (SSSR count). The number of hydrogen-bond donors (Lipinski definition) is 1. The molecule has 1 aliphatic rings. The van der Waals surface area contributed by atoms with Crippen LogP contribution in [0, 0.1) is 11.7 Å². The standard InChI is InChI=1S/C23H22FN5O/c1-15-8-16(14-29(15)23(30)17-2-4-20(24)5-3-17)13-28-7-6-18-9-21(25-12-22(18)28)19-10-26-27-11-19/h2-7,9-12,15-16H,8,13-14H2,1H3,(H,26,27)/t15-,16?/m0/s1. The average Bonchev–Trinajstić information content (AvgIpc) is 3.49. The molecule has 4 aromatic rings. The smallest absolute Gasteiger partial charge is 0.254 e. The fourth-order valence-electron chi connectivity index (χ4n) is 4.39. The summed E-state index contributed by atoms with van der Waals surface area (Å²) in [5.74, 6) is -0.00903. The Balaban J connectivity index is 1.32. The van der Waals surface area contributed by atoms with E-state index in [-0.39, 0.29) is 17.8 Å². The monoisotopic (exact) mass is 403 g/mol. The van der Waals surface area contributed by atoms with E-state index in [9.17, 15) is 9.18 Å². The zero-order valence-electron chi connectivity index (χ0n) is 16.6. The van der Waals surface area contributed by atoms with Gasteiger partial charge in [-0.15, -0.1) is 0 Å². The van der Waals surface area contributed by atoms with Gasteiger partial charge in [-0.2, -0.15) is 5.10 Å². The van der Waals surface area contributed by atoms with Crippen LogP contribution in [-0.2, 0) is 6.54 Å². The Hall–Kier alpha value is -3.48. The largest absolute Gasteiger partial charge is 0.346 e. The van der Waals surface area contributed by atoms with Crippen molar-refractivity contribution < 1.29 is 9.18 Å². The molecule has 1 fully saturated rings. The van der Waals surface area contributed by atoms with Crippen LogP contribution in [0.1, 0.15) is 23.7 Å². The minimum Gasteiger partial charge on any atom is -0.346 e. The molecule has 0 bridgehead atoms. The highest BCUT2D eigenvalue weighted by Gasteiger charge is 2.33. The molecule has 1 aromatic carbocycles. The first-order valence-electron chi connectivity index (χ1n) is 10.1. The lowest BCUT2D eigenvalue weighted by atomic mass is 10.1. The van der Waals surface area contributed by atoms with Crippen molar-refractivity contribution in [2.24, 2.45) is 5.92 Å². The van der Waals surface area contributed by atoms with Crippen LogP contribution in [-0.4, -0.2) is 43.1 Å². The number of fused-ring (bicyclic) bond motifs is 1. The van der Waals surface area contributed by atoms with Crippen LogP contribution in [0.2, 0.25) is 0 Å². The minimum atomic E-state index is -0.331. The van der Waals surface area contributed by atoms with E-state index in [1.165, 1.54) is 12.1 Å². The van der Waals surface area contributed by atoms with Gasteiger partial charge in [0.25, 0.3) is 5.91 Å². The molecule has 0 spiro atoms. The summed E-state index contributed by atoms with van der Waals surface area (Å²) in [4.78, 5) is 19.3. The maximum absolute atomic E-state index is 13.2. The van der Waals surface area contributed by atoms with Crippen molar-refractivity contribution in [2.45, 2.75) is 25.9 Å². The second-order valence-electron chi connectivity index (χ2n) is 8.00. The Bertz CT molecular complexity index is 1180. The van der Waals surface area contributed by atoms with Crippen LogP contribution in [0.4, 0.5) is 4.39 Å². The third-order valence-electron chi connectivity index (χ3n) is 5.92. The number of aromatic nitrogens is 4. The summed E-state index contributed by atoms with van der Waals surface area (Å²) >= 11 is 0. The number of halogens is 1. The number of amides is 1. The second kappa shape index (κ2) is 7.40. The van der Waals surface area contributed by atoms with Crippen molar-refractivity contribution in [1.82, 2.24) is 24.6 Å². The van der Waals surface area contributed by atoms with Crippen LogP contribution < -0.4 is 0 Å². The third-order valence-corrected chi connectivity index (χ3v) is 5.92. The highest BCUT2D eigenvalue weighted by Crippen LogP contribution is 2.28. The predicted molar refractivity (Wildman–Crippen MR) is 112 cm³/mol. The summed E-state index contributed by atoms with van der Waals surface area (Å²) < 4.78 is 15.4. The number of nitrogens with one attached hydrogen (secondary N) is 1. The van der Waals surface area contributed by atoms with Gasteiger partial charge >= 0.3 is 0 Å². The molecule has 1 saturated heterocycles. The number of pyridine rings is 1. The lowest BCUT2D eigenvalue weighted by Crippen LogP contribution is -2.34. The summed E-state index contributed by atoms with van der Waals surface area (Å²) in [6.07, 6.45) is 8.51. The molecule has 6 nitrogen and oxygen atoms in total. The number of likely N-dealkylation sites (tertiary alicyclic amines) is 1. The van der Waals surface area contributed by atoms with E-state index in [1.54, 1.807) is 18.3 Å². The lowest BCUT2D eigenvalue weighted by Gasteiger charge is -2.21. The van der Waals surface area contributed by atoms with E-state index in [1.807, 2.05) is 17.3 Å². The Morgan fingerprint density at radius 1 is 1.23 bits per heavy atom. The molecular weight excluding hydrogens is 381 g/mol. The number of hydrogen-bond acceptors (Lipinski definition) is 3. The number of aromatic amines is 1. The van der Waals surface area contributed by atoms with Crippen LogP contribution in [0.5, 0.6) is 0 Å². The summed E-state index contributed by atoms with van der Waals surface area (Å²) in [6.45, 7) is 3.60. The van der Waals surface area contributed by atoms with Gasteiger partial charge < -0.3 is 9.47 Å². The van der Waals surface area contributed by atoms with Crippen molar-refractivity contribution in [3.63, 3.8) is 0 Å². The number of carbonyl (C=O) groups excluding carboxylic acids is 1. The van der Waals surface area contributed by atoms with Crippen molar-refractivity contribution in [1.29, 1.82) is 0 Å². The van der Waals surface area contributed by atoms with Crippen LogP contribution in [0.3, 0.4) is 0 Å². The molecule has 4 heterocycles. The first-order chi connectivity index (χ1) is 14.6. The SMILES string of the molecule is C[C@H]1CC(Cn2ccc3cc(-c4cn[nH]c4)ncc32)CN1C(=O)c1ccc(F)cc1. The molecule has 2 atom stereocenters. The fourth-order valence-corrected chi connectivity index (χ4v) is 4.39. The summed E-state index contributed by atoms with van der Waals surface area (Å²) in [6, 6.07) is 10.1. The van der Waals surface area contributed by atoms with E-state index < -0.39 is 0 Å². The average molecular weight is 403 g/mol. The van der Waals surface area contributed by atoms with Crippen molar-refractivity contribution in [3.05, 3.63) is 72.6 Å². The topological polar surface area (TPSA) is 66.8 Å². The quantitative estimate of drug-likeness (QED) is 0.557.